The molecule has 0 fully saturated rings. The first-order valence-corrected chi connectivity index (χ1v) is 12.9. The number of alkyl halides is 1. The third-order valence-corrected chi connectivity index (χ3v) is 4.80. The van der Waals surface area contributed by atoms with E-state index in [1.807, 2.05) is 0 Å². The third-order valence-electron chi connectivity index (χ3n) is 4.53. The van der Waals surface area contributed by atoms with Gasteiger partial charge in [-0.1, -0.05) is 12.8 Å². The smallest absolute Gasteiger partial charge is 0.322 e. The molecule has 0 aliphatic rings. The van der Waals surface area contributed by atoms with Gasteiger partial charge in [0.05, 0.1) is 39.6 Å². The number of halogens is 1. The highest BCUT2D eigenvalue weighted by Crippen LogP contribution is 2.01. The maximum Gasteiger partial charge on any atom is 0.322 e. The summed E-state index contributed by atoms with van der Waals surface area (Å²) in [4.78, 5) is 45.1. The highest BCUT2D eigenvalue weighted by Gasteiger charge is 2.06. The molecule has 0 bridgehead atoms. The molecule has 0 heterocycles. The summed E-state index contributed by atoms with van der Waals surface area (Å²) in [5.41, 5.74) is 0. The predicted molar refractivity (Wildman–Crippen MR) is 133 cm³/mol. The molecule has 0 saturated heterocycles. The fourth-order valence-electron chi connectivity index (χ4n) is 2.70. The highest BCUT2D eigenvalue weighted by atomic mass is 35.5. The Morgan fingerprint density at radius 2 is 1.11 bits per heavy atom. The lowest BCUT2D eigenvalue weighted by atomic mass is 10.2. The van der Waals surface area contributed by atoms with E-state index in [9.17, 15) is 19.2 Å². The van der Waals surface area contributed by atoms with Gasteiger partial charge in [-0.3, -0.25) is 19.2 Å². The molecule has 4 N–H and O–H groups in total. The van der Waals surface area contributed by atoms with Crippen molar-refractivity contribution in [1.29, 1.82) is 0 Å². The number of carbonyl (C=O) groups is 4. The van der Waals surface area contributed by atoms with Gasteiger partial charge < -0.3 is 40.0 Å². The summed E-state index contributed by atoms with van der Waals surface area (Å²) in [7, 11) is 0. The van der Waals surface area contributed by atoms with Crippen LogP contribution in [0.1, 0.15) is 44.9 Å². The first kappa shape index (κ1) is 34.0. The van der Waals surface area contributed by atoms with E-state index in [0.29, 0.717) is 45.2 Å². The summed E-state index contributed by atoms with van der Waals surface area (Å²) >= 11 is 5.62. The molecule has 0 aromatic heterocycles. The monoisotopic (exact) mass is 539 g/mol. The number of carbonyl (C=O) groups excluding carboxylic acids is 3. The standard InChI is InChI=1S/C23H42ClN3O9/c24-8-3-1-2-4-11-33-14-15-34-12-9-25-20(28)6-5-7-21(29)26-10-13-35-16-17-36-19-22(30)27-18-23(31)32/h1-19H2,(H,25,28)(H,26,29)(H,27,30)(H,31,32). The maximum absolute atomic E-state index is 11.8. The Morgan fingerprint density at radius 1 is 0.583 bits per heavy atom. The van der Waals surface area contributed by atoms with Crippen LogP contribution in [0.3, 0.4) is 0 Å². The van der Waals surface area contributed by atoms with Gasteiger partial charge in [0.1, 0.15) is 13.2 Å². The van der Waals surface area contributed by atoms with Crippen LogP contribution >= 0.6 is 11.6 Å². The number of hydrogen-bond acceptors (Lipinski definition) is 8. The molecule has 0 atom stereocenters. The van der Waals surface area contributed by atoms with Gasteiger partial charge in [-0.05, 0) is 19.3 Å². The zero-order chi connectivity index (χ0) is 26.7. The van der Waals surface area contributed by atoms with Crippen LogP contribution in [0.5, 0.6) is 0 Å². The average molecular weight is 540 g/mol. The molecule has 0 radical (unpaired) electrons. The molecule has 36 heavy (non-hydrogen) atoms. The molecular formula is C23H42ClN3O9. The number of unbranched alkanes of at least 4 members (excludes halogenated alkanes) is 3. The van der Waals surface area contributed by atoms with Crippen LogP contribution in [-0.4, -0.2) is 107 Å². The minimum atomic E-state index is -1.13. The number of rotatable bonds is 26. The Bertz CT molecular complexity index is 597. The van der Waals surface area contributed by atoms with Gasteiger partial charge in [-0.2, -0.15) is 0 Å². The largest absolute Gasteiger partial charge is 0.480 e. The van der Waals surface area contributed by atoms with Crippen molar-refractivity contribution in [3.8, 4) is 0 Å². The van der Waals surface area contributed by atoms with Crippen LogP contribution in [0.4, 0.5) is 0 Å². The highest BCUT2D eigenvalue weighted by molar-refractivity contribution is 6.17. The molecule has 0 aromatic carbocycles. The van der Waals surface area contributed by atoms with E-state index in [2.05, 4.69) is 16.0 Å². The van der Waals surface area contributed by atoms with Crippen molar-refractivity contribution in [2.45, 2.75) is 44.9 Å². The van der Waals surface area contributed by atoms with Crippen LogP contribution in [0, 0.1) is 0 Å². The van der Waals surface area contributed by atoms with E-state index >= 15 is 0 Å². The molecule has 0 spiro atoms. The molecule has 0 saturated carbocycles. The second-order valence-corrected chi connectivity index (χ2v) is 8.09. The molecule has 0 aromatic rings. The average Bonchev–Trinajstić information content (AvgIpc) is 2.85. The molecule has 0 rings (SSSR count). The Labute approximate surface area is 218 Å². The lowest BCUT2D eigenvalue weighted by molar-refractivity contribution is -0.138. The maximum atomic E-state index is 11.8. The minimum absolute atomic E-state index is 0.125. The molecule has 0 unspecified atom stereocenters. The van der Waals surface area contributed by atoms with Gasteiger partial charge >= 0.3 is 5.97 Å². The van der Waals surface area contributed by atoms with E-state index < -0.39 is 18.4 Å². The van der Waals surface area contributed by atoms with E-state index in [-0.39, 0.29) is 51.1 Å². The molecule has 12 nitrogen and oxygen atoms in total. The number of carboxylic acids is 1. The third kappa shape index (κ3) is 26.6. The predicted octanol–water partition coefficient (Wildman–Crippen LogP) is 0.456. The van der Waals surface area contributed by atoms with Crippen molar-refractivity contribution in [2.24, 2.45) is 0 Å². The van der Waals surface area contributed by atoms with Crippen LogP contribution in [0.25, 0.3) is 0 Å². The first-order valence-electron chi connectivity index (χ1n) is 12.3. The second-order valence-electron chi connectivity index (χ2n) is 7.72. The van der Waals surface area contributed by atoms with Gasteiger partial charge in [-0.15, -0.1) is 11.6 Å². The number of ether oxygens (including phenoxy) is 4. The van der Waals surface area contributed by atoms with E-state index in [4.69, 9.17) is 35.7 Å². The topological polar surface area (TPSA) is 162 Å². The number of aliphatic carboxylic acids is 1. The zero-order valence-corrected chi connectivity index (χ0v) is 21.8. The quantitative estimate of drug-likeness (QED) is 0.0903. The Morgan fingerprint density at radius 3 is 1.67 bits per heavy atom. The summed E-state index contributed by atoms with van der Waals surface area (Å²) in [5, 5.41) is 16.0. The Balaban J connectivity index is 3.37. The van der Waals surface area contributed by atoms with Crippen molar-refractivity contribution in [2.75, 3.05) is 78.4 Å². The fraction of sp³-hybridized carbons (Fsp3) is 0.826. The first-order chi connectivity index (χ1) is 17.5. The number of carboxylic acid groups (broad SMARTS) is 1. The van der Waals surface area contributed by atoms with Gasteiger partial charge in [-0.25, -0.2) is 0 Å². The normalized spacial score (nSPS) is 10.7. The van der Waals surface area contributed by atoms with Crippen LogP contribution in [-0.2, 0) is 38.1 Å². The Hall–Kier alpha value is -1.99. The van der Waals surface area contributed by atoms with Crippen molar-refractivity contribution >= 4 is 35.3 Å². The van der Waals surface area contributed by atoms with Gasteiger partial charge in [0.2, 0.25) is 17.7 Å². The van der Waals surface area contributed by atoms with Crippen molar-refractivity contribution < 1.29 is 43.2 Å². The van der Waals surface area contributed by atoms with Gasteiger partial charge in [0.25, 0.3) is 0 Å². The lowest BCUT2D eigenvalue weighted by Gasteiger charge is -2.08. The minimum Gasteiger partial charge on any atom is -0.480 e. The summed E-state index contributed by atoms with van der Waals surface area (Å²) in [6.45, 7) is 2.85. The Kier molecular flexibility index (Phi) is 24.6. The SMILES string of the molecule is O=C(O)CNC(=O)COCCOCCNC(=O)CCCC(=O)NCCOCCOCCCCCCCl. The van der Waals surface area contributed by atoms with Crippen molar-refractivity contribution in [1.82, 2.24) is 16.0 Å². The van der Waals surface area contributed by atoms with Crippen molar-refractivity contribution in [3.63, 3.8) is 0 Å². The van der Waals surface area contributed by atoms with Crippen LogP contribution in [0.2, 0.25) is 0 Å². The van der Waals surface area contributed by atoms with Crippen LogP contribution in [0.15, 0.2) is 0 Å². The molecule has 210 valence electrons. The molecule has 0 aliphatic heterocycles. The van der Waals surface area contributed by atoms with Gasteiger partial charge in [0.15, 0.2) is 0 Å². The molecular weight excluding hydrogens is 498 g/mol. The van der Waals surface area contributed by atoms with Crippen molar-refractivity contribution in [3.05, 3.63) is 0 Å². The van der Waals surface area contributed by atoms with Crippen LogP contribution < -0.4 is 16.0 Å². The second kappa shape index (κ2) is 26.1. The molecule has 0 aliphatic carbocycles. The molecule has 3 amide bonds. The van der Waals surface area contributed by atoms with E-state index in [1.54, 1.807) is 0 Å². The summed E-state index contributed by atoms with van der Waals surface area (Å²) in [6, 6.07) is 0. The fourth-order valence-corrected chi connectivity index (χ4v) is 2.88. The summed E-state index contributed by atoms with van der Waals surface area (Å²) in [6.07, 6.45) is 5.26. The summed E-state index contributed by atoms with van der Waals surface area (Å²) < 4.78 is 21.2. The summed E-state index contributed by atoms with van der Waals surface area (Å²) in [5.74, 6) is -1.23. The molecule has 13 heteroatoms. The lowest BCUT2D eigenvalue weighted by Crippen LogP contribution is -2.32. The number of amides is 3. The van der Waals surface area contributed by atoms with E-state index in [1.165, 1.54) is 0 Å². The number of hydrogen-bond donors (Lipinski definition) is 4. The van der Waals surface area contributed by atoms with Gasteiger partial charge in [0, 0.05) is 38.4 Å². The van der Waals surface area contributed by atoms with E-state index in [0.717, 1.165) is 32.3 Å². The number of nitrogens with one attached hydrogen (secondary N) is 3. The zero-order valence-electron chi connectivity index (χ0n) is 21.0.